The largest absolute Gasteiger partial charge is 0.313 e. The normalized spacial score (nSPS) is 24.6. The molecular weight excluding hydrogens is 242 g/mol. The molecule has 1 aromatic carbocycles. The highest BCUT2D eigenvalue weighted by atomic mass is 14.9. The van der Waals surface area contributed by atoms with Crippen molar-refractivity contribution in [2.45, 2.75) is 64.3 Å². The van der Waals surface area contributed by atoms with E-state index >= 15 is 0 Å². The highest BCUT2D eigenvalue weighted by molar-refractivity contribution is 5.30. The Balaban J connectivity index is 1.71. The molecule has 3 rings (SSSR count). The second kappa shape index (κ2) is 6.76. The Morgan fingerprint density at radius 3 is 2.55 bits per heavy atom. The number of rotatable bonds is 5. The van der Waals surface area contributed by atoms with Gasteiger partial charge in [0.2, 0.25) is 0 Å². The van der Waals surface area contributed by atoms with E-state index in [-0.39, 0.29) is 0 Å². The third-order valence-electron chi connectivity index (χ3n) is 5.43. The Labute approximate surface area is 124 Å². The number of fused-ring (bicyclic) bond motifs is 1. The fraction of sp³-hybridized carbons (Fsp3) is 0.684. The smallest absolute Gasteiger partial charge is 0.0127 e. The second-order valence-corrected chi connectivity index (χ2v) is 6.80. The molecule has 0 heterocycles. The fourth-order valence-electron chi connectivity index (χ4n) is 4.38. The zero-order chi connectivity index (χ0) is 13.8. The van der Waals surface area contributed by atoms with Crippen LogP contribution in [0.5, 0.6) is 0 Å². The molecule has 20 heavy (non-hydrogen) atoms. The van der Waals surface area contributed by atoms with Gasteiger partial charge in [0.1, 0.15) is 0 Å². The summed E-state index contributed by atoms with van der Waals surface area (Å²) in [6.07, 6.45) is 11.1. The molecule has 2 atom stereocenters. The zero-order valence-electron chi connectivity index (χ0n) is 12.9. The molecule has 2 aliphatic carbocycles. The van der Waals surface area contributed by atoms with Crippen molar-refractivity contribution in [1.29, 1.82) is 0 Å². The Bertz CT molecular complexity index is 420. The SMILES string of the molecule is CCCNC(C1CCCC1)C1CCc2ccccc2C1. The van der Waals surface area contributed by atoms with Crippen molar-refractivity contribution in [2.24, 2.45) is 11.8 Å². The van der Waals surface area contributed by atoms with Gasteiger partial charge in [-0.2, -0.15) is 0 Å². The third-order valence-corrected chi connectivity index (χ3v) is 5.43. The number of hydrogen-bond acceptors (Lipinski definition) is 1. The summed E-state index contributed by atoms with van der Waals surface area (Å²) in [4.78, 5) is 0. The van der Waals surface area contributed by atoms with E-state index < -0.39 is 0 Å². The quantitative estimate of drug-likeness (QED) is 0.839. The molecule has 0 saturated heterocycles. The average molecular weight is 271 g/mol. The van der Waals surface area contributed by atoms with Crippen LogP contribution in [0.2, 0.25) is 0 Å². The first kappa shape index (κ1) is 14.1. The van der Waals surface area contributed by atoms with Gasteiger partial charge in [-0.3, -0.25) is 0 Å². The maximum absolute atomic E-state index is 3.91. The maximum Gasteiger partial charge on any atom is 0.0127 e. The summed E-state index contributed by atoms with van der Waals surface area (Å²) in [5.41, 5.74) is 3.22. The van der Waals surface area contributed by atoms with Gasteiger partial charge in [-0.25, -0.2) is 0 Å². The van der Waals surface area contributed by atoms with Crippen molar-refractivity contribution >= 4 is 0 Å². The Morgan fingerprint density at radius 2 is 1.80 bits per heavy atom. The predicted octanol–water partition coefficient (Wildman–Crippen LogP) is 4.35. The molecular formula is C19H29N. The van der Waals surface area contributed by atoms with Crippen molar-refractivity contribution < 1.29 is 0 Å². The number of nitrogens with one attached hydrogen (secondary N) is 1. The number of benzene rings is 1. The maximum atomic E-state index is 3.91. The van der Waals surface area contributed by atoms with Crippen LogP contribution in [0.3, 0.4) is 0 Å². The van der Waals surface area contributed by atoms with Crippen LogP contribution in [-0.4, -0.2) is 12.6 Å². The summed E-state index contributed by atoms with van der Waals surface area (Å²) in [6.45, 7) is 3.48. The molecule has 1 nitrogen and oxygen atoms in total. The monoisotopic (exact) mass is 271 g/mol. The summed E-state index contributed by atoms with van der Waals surface area (Å²) in [7, 11) is 0. The van der Waals surface area contributed by atoms with E-state index in [1.54, 1.807) is 11.1 Å². The second-order valence-electron chi connectivity index (χ2n) is 6.80. The summed E-state index contributed by atoms with van der Waals surface area (Å²) in [5.74, 6) is 1.80. The lowest BCUT2D eigenvalue weighted by molar-refractivity contribution is 0.238. The van der Waals surface area contributed by atoms with E-state index in [0.29, 0.717) is 0 Å². The van der Waals surface area contributed by atoms with Crippen LogP contribution >= 0.6 is 0 Å². The van der Waals surface area contributed by atoms with Crippen molar-refractivity contribution in [3.8, 4) is 0 Å². The Morgan fingerprint density at radius 1 is 1.05 bits per heavy atom. The third kappa shape index (κ3) is 3.09. The van der Waals surface area contributed by atoms with Gasteiger partial charge in [-0.15, -0.1) is 0 Å². The molecule has 1 fully saturated rings. The topological polar surface area (TPSA) is 12.0 Å². The van der Waals surface area contributed by atoms with Gasteiger partial charge < -0.3 is 5.32 Å². The lowest BCUT2D eigenvalue weighted by Gasteiger charge is -2.36. The van der Waals surface area contributed by atoms with Crippen LogP contribution < -0.4 is 5.32 Å². The van der Waals surface area contributed by atoms with E-state index in [9.17, 15) is 0 Å². The summed E-state index contributed by atoms with van der Waals surface area (Å²) in [6, 6.07) is 9.86. The number of hydrogen-bond donors (Lipinski definition) is 1. The number of aryl methyl sites for hydroxylation is 1. The van der Waals surface area contributed by atoms with Crippen LogP contribution in [-0.2, 0) is 12.8 Å². The van der Waals surface area contributed by atoms with Crippen molar-refractivity contribution in [2.75, 3.05) is 6.54 Å². The molecule has 0 bridgehead atoms. The molecule has 1 heteroatoms. The predicted molar refractivity (Wildman–Crippen MR) is 86.0 cm³/mol. The molecule has 0 spiro atoms. The molecule has 110 valence electrons. The first-order chi connectivity index (χ1) is 9.88. The lowest BCUT2D eigenvalue weighted by atomic mass is 9.75. The zero-order valence-corrected chi connectivity index (χ0v) is 12.9. The van der Waals surface area contributed by atoms with Gasteiger partial charge in [-0.05, 0) is 68.0 Å². The Kier molecular flexibility index (Phi) is 4.77. The molecule has 0 radical (unpaired) electrons. The summed E-state index contributed by atoms with van der Waals surface area (Å²) >= 11 is 0. The van der Waals surface area contributed by atoms with E-state index in [4.69, 9.17) is 0 Å². The van der Waals surface area contributed by atoms with Crippen molar-refractivity contribution in [1.82, 2.24) is 5.32 Å². The van der Waals surface area contributed by atoms with Crippen LogP contribution in [0.25, 0.3) is 0 Å². The fourth-order valence-corrected chi connectivity index (χ4v) is 4.38. The minimum atomic E-state index is 0.769. The summed E-state index contributed by atoms with van der Waals surface area (Å²) in [5, 5.41) is 3.91. The van der Waals surface area contributed by atoms with Crippen LogP contribution in [0, 0.1) is 11.8 Å². The first-order valence-electron chi connectivity index (χ1n) is 8.68. The molecule has 1 saturated carbocycles. The molecule has 0 aliphatic heterocycles. The standard InChI is InChI=1S/C19H29N/c1-2-13-20-19(16-8-4-5-9-16)18-12-11-15-7-3-6-10-17(15)14-18/h3,6-7,10,16,18-20H,2,4-5,8-9,11-14H2,1H3. The van der Waals surface area contributed by atoms with E-state index in [1.807, 2.05) is 0 Å². The van der Waals surface area contributed by atoms with Gasteiger partial charge in [0.15, 0.2) is 0 Å². The molecule has 0 amide bonds. The average Bonchev–Trinajstić information content (AvgIpc) is 3.02. The van der Waals surface area contributed by atoms with E-state index in [2.05, 4.69) is 36.5 Å². The Hall–Kier alpha value is -0.820. The van der Waals surface area contributed by atoms with Crippen LogP contribution in [0.4, 0.5) is 0 Å². The first-order valence-corrected chi connectivity index (χ1v) is 8.68. The minimum Gasteiger partial charge on any atom is -0.313 e. The molecule has 2 unspecified atom stereocenters. The van der Waals surface area contributed by atoms with Crippen molar-refractivity contribution in [3.05, 3.63) is 35.4 Å². The van der Waals surface area contributed by atoms with Gasteiger partial charge in [0.25, 0.3) is 0 Å². The highest BCUT2D eigenvalue weighted by Crippen LogP contribution is 2.36. The lowest BCUT2D eigenvalue weighted by Crippen LogP contribution is -2.44. The summed E-state index contributed by atoms with van der Waals surface area (Å²) < 4.78 is 0. The molecule has 2 aliphatic rings. The van der Waals surface area contributed by atoms with Gasteiger partial charge >= 0.3 is 0 Å². The van der Waals surface area contributed by atoms with Crippen molar-refractivity contribution in [3.63, 3.8) is 0 Å². The highest BCUT2D eigenvalue weighted by Gasteiger charge is 2.32. The van der Waals surface area contributed by atoms with Crippen LogP contribution in [0.1, 0.15) is 56.6 Å². The van der Waals surface area contributed by atoms with E-state index in [0.717, 1.165) is 17.9 Å². The van der Waals surface area contributed by atoms with Crippen LogP contribution in [0.15, 0.2) is 24.3 Å². The van der Waals surface area contributed by atoms with E-state index in [1.165, 1.54) is 57.9 Å². The van der Waals surface area contributed by atoms with Gasteiger partial charge in [0, 0.05) is 6.04 Å². The molecule has 1 N–H and O–H groups in total. The molecule has 0 aromatic heterocycles. The van der Waals surface area contributed by atoms with Gasteiger partial charge in [0.05, 0.1) is 0 Å². The van der Waals surface area contributed by atoms with Gasteiger partial charge in [-0.1, -0.05) is 44.0 Å². The molecule has 1 aromatic rings. The minimum absolute atomic E-state index is 0.769.